The van der Waals surface area contributed by atoms with Gasteiger partial charge in [0, 0.05) is 23.4 Å². The van der Waals surface area contributed by atoms with E-state index in [2.05, 4.69) is 5.32 Å². The normalized spacial score (nSPS) is 32.4. The molecule has 1 saturated heterocycles. The molecule has 7 nitrogen and oxygen atoms in total. The first-order chi connectivity index (χ1) is 17.5. The number of hydrogen-bond donors (Lipinski definition) is 1. The maximum absolute atomic E-state index is 13.1. The van der Waals surface area contributed by atoms with Crippen molar-refractivity contribution in [3.8, 4) is 0 Å². The number of carbonyl (C=O) groups is 3. The average Bonchev–Trinajstić information content (AvgIpc) is 3.57. The summed E-state index contributed by atoms with van der Waals surface area (Å²) in [6.45, 7) is 0.920. The van der Waals surface area contributed by atoms with Crippen LogP contribution in [0.15, 0.2) is 39.6 Å². The van der Waals surface area contributed by atoms with Gasteiger partial charge in [0.05, 0.1) is 11.4 Å². The lowest BCUT2D eigenvalue weighted by molar-refractivity contribution is -0.136. The highest BCUT2D eigenvalue weighted by molar-refractivity contribution is 7.98. The van der Waals surface area contributed by atoms with Crippen molar-refractivity contribution in [3.05, 3.63) is 53.0 Å². The fraction of sp³-hybridized carbons (Fsp3) is 0.536. The molecular weight excluding hydrogens is 476 g/mol. The molecule has 0 spiro atoms. The molecule has 5 fully saturated rings. The van der Waals surface area contributed by atoms with Crippen molar-refractivity contribution in [2.45, 2.75) is 80.4 Å². The maximum atomic E-state index is 13.1. The molecule has 6 aliphatic rings. The van der Waals surface area contributed by atoms with Gasteiger partial charge in [0.1, 0.15) is 24.2 Å². The quantitative estimate of drug-likeness (QED) is 0.442. The van der Waals surface area contributed by atoms with Gasteiger partial charge in [-0.2, -0.15) is 0 Å². The molecule has 36 heavy (non-hydrogen) atoms. The minimum Gasteiger partial charge on any atom is -0.463 e. The monoisotopic (exact) mass is 506 g/mol. The molecule has 8 rings (SSSR count). The first-order valence-corrected chi connectivity index (χ1v) is 14.1. The third kappa shape index (κ3) is 3.72. The van der Waals surface area contributed by atoms with Crippen LogP contribution in [-0.2, 0) is 33.2 Å². The topological polar surface area (TPSA) is 88.9 Å². The molecule has 1 aromatic carbocycles. The first-order valence-electron chi connectivity index (χ1n) is 13.1. The number of piperidine rings is 1. The van der Waals surface area contributed by atoms with Crippen LogP contribution in [0.1, 0.15) is 72.4 Å². The van der Waals surface area contributed by atoms with E-state index in [0.29, 0.717) is 30.9 Å². The molecule has 1 N–H and O–H groups in total. The van der Waals surface area contributed by atoms with Gasteiger partial charge in [-0.3, -0.25) is 19.7 Å². The number of amides is 3. The molecule has 3 amide bonds. The predicted molar refractivity (Wildman–Crippen MR) is 132 cm³/mol. The lowest BCUT2D eigenvalue weighted by Gasteiger charge is -2.32. The summed E-state index contributed by atoms with van der Waals surface area (Å²) in [6.07, 6.45) is 7.18. The molecule has 2 aromatic rings. The van der Waals surface area contributed by atoms with E-state index >= 15 is 0 Å². The van der Waals surface area contributed by atoms with E-state index in [4.69, 9.17) is 9.15 Å². The van der Waals surface area contributed by atoms with Gasteiger partial charge in [-0.25, -0.2) is 0 Å². The molecule has 3 heterocycles. The molecule has 2 aliphatic heterocycles. The second-order valence-corrected chi connectivity index (χ2v) is 12.3. The van der Waals surface area contributed by atoms with Crippen LogP contribution in [0, 0.1) is 17.8 Å². The summed E-state index contributed by atoms with van der Waals surface area (Å²) in [7, 11) is 0. The molecule has 4 bridgehead atoms. The van der Waals surface area contributed by atoms with E-state index in [1.807, 2.05) is 30.3 Å². The maximum Gasteiger partial charge on any atom is 0.255 e. The van der Waals surface area contributed by atoms with Crippen LogP contribution in [0.3, 0.4) is 0 Å². The summed E-state index contributed by atoms with van der Waals surface area (Å²) in [5, 5.41) is 2.36. The average molecular weight is 507 g/mol. The Balaban J connectivity index is 0.993. The fourth-order valence-corrected chi connectivity index (χ4v) is 8.57. The fourth-order valence-electron chi connectivity index (χ4n) is 7.59. The Labute approximate surface area is 214 Å². The smallest absolute Gasteiger partial charge is 0.255 e. The van der Waals surface area contributed by atoms with E-state index < -0.39 is 6.04 Å². The van der Waals surface area contributed by atoms with Crippen LogP contribution in [0.2, 0.25) is 0 Å². The number of furan rings is 1. The summed E-state index contributed by atoms with van der Waals surface area (Å²) in [5.41, 5.74) is 1.68. The van der Waals surface area contributed by atoms with Gasteiger partial charge in [-0.1, -0.05) is 6.07 Å². The number of ether oxygens (including phenoxy) is 1. The van der Waals surface area contributed by atoms with Gasteiger partial charge in [-0.15, -0.1) is 11.8 Å². The molecule has 4 saturated carbocycles. The zero-order valence-electron chi connectivity index (χ0n) is 20.2. The Morgan fingerprint density at radius 1 is 1.06 bits per heavy atom. The summed E-state index contributed by atoms with van der Waals surface area (Å²) in [6, 6.07) is 9.17. The number of benzene rings is 1. The minimum atomic E-state index is -0.599. The Bertz CT molecular complexity index is 1240. The highest BCUT2D eigenvalue weighted by Gasteiger charge is 2.58. The first kappa shape index (κ1) is 22.6. The van der Waals surface area contributed by atoms with E-state index in [-0.39, 0.29) is 29.7 Å². The van der Waals surface area contributed by atoms with E-state index in [1.165, 1.54) is 32.1 Å². The Kier molecular flexibility index (Phi) is 5.33. The number of imide groups is 1. The molecule has 1 aromatic heterocycles. The summed E-state index contributed by atoms with van der Waals surface area (Å²) in [4.78, 5) is 39.5. The van der Waals surface area contributed by atoms with Crippen molar-refractivity contribution in [2.24, 2.45) is 17.8 Å². The van der Waals surface area contributed by atoms with Crippen LogP contribution in [-0.4, -0.2) is 34.3 Å². The van der Waals surface area contributed by atoms with Gasteiger partial charge >= 0.3 is 0 Å². The van der Waals surface area contributed by atoms with Crippen LogP contribution < -0.4 is 5.32 Å². The number of fused-ring (bicyclic) bond motifs is 1. The van der Waals surface area contributed by atoms with E-state index in [1.54, 1.807) is 16.7 Å². The van der Waals surface area contributed by atoms with Crippen molar-refractivity contribution in [1.82, 2.24) is 10.2 Å². The highest BCUT2D eigenvalue weighted by Crippen LogP contribution is 2.62. The lowest BCUT2D eigenvalue weighted by atomic mass is 9.81. The van der Waals surface area contributed by atoms with Crippen LogP contribution >= 0.6 is 11.8 Å². The number of thioether (sulfide) groups is 1. The van der Waals surface area contributed by atoms with Crippen LogP contribution in [0.25, 0.3) is 0 Å². The number of nitrogens with zero attached hydrogens (tertiary/aromatic N) is 1. The summed E-state index contributed by atoms with van der Waals surface area (Å²) in [5.74, 6) is 4.10. The molecule has 3 unspecified atom stereocenters. The van der Waals surface area contributed by atoms with E-state index in [0.717, 1.165) is 39.7 Å². The summed E-state index contributed by atoms with van der Waals surface area (Å²) < 4.78 is 12.7. The van der Waals surface area contributed by atoms with Crippen molar-refractivity contribution in [3.63, 3.8) is 0 Å². The van der Waals surface area contributed by atoms with Gasteiger partial charge in [0.25, 0.3) is 5.91 Å². The summed E-state index contributed by atoms with van der Waals surface area (Å²) >= 11 is 1.64. The predicted octanol–water partition coefficient (Wildman–Crippen LogP) is 4.43. The second kappa shape index (κ2) is 8.48. The van der Waals surface area contributed by atoms with Crippen molar-refractivity contribution < 1.29 is 23.5 Å². The number of hydrogen-bond acceptors (Lipinski definition) is 6. The standard InChI is InChI=1S/C28H30N2O5S/c31-25-7-6-23(26(32)29-25)30-13-22-21(27(30)33)2-1-3-24(22)36-15-20-5-4-19(35-20)14-34-28-11-16-8-17(12-28)10-18(28)9-16/h1-5,16-18,23H,6-15H2,(H,29,31,32). The highest BCUT2D eigenvalue weighted by atomic mass is 32.2. The molecule has 3 atom stereocenters. The van der Waals surface area contributed by atoms with Gasteiger partial charge in [-0.05, 0) is 86.1 Å². The Hall–Kier alpha value is -2.58. The van der Waals surface area contributed by atoms with Gasteiger partial charge < -0.3 is 14.1 Å². The van der Waals surface area contributed by atoms with Gasteiger partial charge in [0.15, 0.2) is 0 Å². The van der Waals surface area contributed by atoms with Gasteiger partial charge in [0.2, 0.25) is 11.8 Å². The third-order valence-electron chi connectivity index (χ3n) is 9.04. The number of carbonyl (C=O) groups excluding carboxylic acids is 3. The number of rotatable bonds is 7. The Morgan fingerprint density at radius 3 is 2.67 bits per heavy atom. The molecule has 188 valence electrons. The third-order valence-corrected chi connectivity index (χ3v) is 10.2. The SMILES string of the molecule is O=C1CCC(N2Cc3c(SCc4ccc(COC56CC7CC(CC5C7)C6)o4)cccc3C2=O)C(=O)N1. The molecule has 8 heteroatoms. The molecule has 0 radical (unpaired) electrons. The molecule has 4 aliphatic carbocycles. The lowest BCUT2D eigenvalue weighted by Crippen LogP contribution is -2.52. The Morgan fingerprint density at radius 2 is 1.86 bits per heavy atom. The zero-order chi connectivity index (χ0) is 24.4. The van der Waals surface area contributed by atoms with Crippen molar-refractivity contribution in [2.75, 3.05) is 0 Å². The van der Waals surface area contributed by atoms with Crippen LogP contribution in [0.4, 0.5) is 0 Å². The second-order valence-electron chi connectivity index (χ2n) is 11.2. The zero-order valence-corrected chi connectivity index (χ0v) is 21.0. The minimum absolute atomic E-state index is 0.0980. The van der Waals surface area contributed by atoms with Crippen molar-refractivity contribution >= 4 is 29.5 Å². The molecular formula is C28H30N2O5S. The number of nitrogens with one attached hydrogen (secondary N) is 1. The van der Waals surface area contributed by atoms with E-state index in [9.17, 15) is 14.4 Å². The largest absolute Gasteiger partial charge is 0.463 e. The van der Waals surface area contributed by atoms with Crippen LogP contribution in [0.5, 0.6) is 0 Å². The van der Waals surface area contributed by atoms with Crippen molar-refractivity contribution in [1.29, 1.82) is 0 Å².